The molecule has 1 aromatic carbocycles. The molecule has 0 fully saturated rings. The first-order chi connectivity index (χ1) is 10.2. The van der Waals surface area contributed by atoms with E-state index in [1.807, 2.05) is 17.8 Å². The van der Waals surface area contributed by atoms with Crippen LogP contribution in [0.1, 0.15) is 18.4 Å². The smallest absolute Gasteiger partial charge is 0.191 e. The van der Waals surface area contributed by atoms with E-state index in [1.54, 1.807) is 26.3 Å². The molecule has 0 aromatic heterocycles. The molecule has 5 nitrogen and oxygen atoms in total. The maximum Gasteiger partial charge on any atom is 0.191 e. The first kappa shape index (κ1) is 17.5. The average molecular weight is 311 g/mol. The Morgan fingerprint density at radius 1 is 1.33 bits per heavy atom. The predicted molar refractivity (Wildman–Crippen MR) is 90.5 cm³/mol. The zero-order chi connectivity index (χ0) is 15.5. The van der Waals surface area contributed by atoms with Gasteiger partial charge >= 0.3 is 0 Å². The van der Waals surface area contributed by atoms with Crippen molar-refractivity contribution in [1.82, 2.24) is 10.6 Å². The Balaban J connectivity index is 2.41. The lowest BCUT2D eigenvalue weighted by molar-refractivity contribution is 0.410. The quantitative estimate of drug-likeness (QED) is 0.390. The molecule has 0 aliphatic rings. The fourth-order valence-electron chi connectivity index (χ4n) is 1.81. The minimum Gasteiger partial charge on any atom is -0.508 e. The summed E-state index contributed by atoms with van der Waals surface area (Å²) in [5.74, 6) is 2.90. The summed E-state index contributed by atoms with van der Waals surface area (Å²) in [6, 6.07) is 5.18. The van der Waals surface area contributed by atoms with Gasteiger partial charge in [0, 0.05) is 25.7 Å². The lowest BCUT2D eigenvalue weighted by Crippen LogP contribution is -2.37. The van der Waals surface area contributed by atoms with Crippen LogP contribution >= 0.6 is 11.8 Å². The molecule has 0 atom stereocenters. The fourth-order valence-corrected chi connectivity index (χ4v) is 2.30. The molecule has 118 valence electrons. The number of methoxy groups -OCH3 is 1. The molecule has 0 spiro atoms. The van der Waals surface area contributed by atoms with Gasteiger partial charge in [-0.05, 0) is 43.0 Å². The Kier molecular flexibility index (Phi) is 8.50. The Morgan fingerprint density at radius 3 is 2.81 bits per heavy atom. The van der Waals surface area contributed by atoms with Gasteiger partial charge in [-0.1, -0.05) is 0 Å². The highest BCUT2D eigenvalue weighted by Gasteiger charge is 2.04. The molecule has 0 amide bonds. The second kappa shape index (κ2) is 10.2. The summed E-state index contributed by atoms with van der Waals surface area (Å²) in [4.78, 5) is 4.17. The lowest BCUT2D eigenvalue weighted by Gasteiger charge is -2.13. The van der Waals surface area contributed by atoms with Crippen LogP contribution in [0.5, 0.6) is 11.5 Å². The molecule has 3 N–H and O–H groups in total. The first-order valence-electron chi connectivity index (χ1n) is 7.00. The van der Waals surface area contributed by atoms with Gasteiger partial charge in [0.25, 0.3) is 0 Å². The summed E-state index contributed by atoms with van der Waals surface area (Å²) in [7, 11) is 3.35. The van der Waals surface area contributed by atoms with Crippen molar-refractivity contribution in [2.24, 2.45) is 4.99 Å². The third-order valence-electron chi connectivity index (χ3n) is 3.02. The van der Waals surface area contributed by atoms with E-state index in [9.17, 15) is 5.11 Å². The van der Waals surface area contributed by atoms with Gasteiger partial charge in [-0.15, -0.1) is 0 Å². The van der Waals surface area contributed by atoms with Crippen LogP contribution in [-0.2, 0) is 6.54 Å². The van der Waals surface area contributed by atoms with E-state index in [2.05, 4.69) is 21.9 Å². The van der Waals surface area contributed by atoms with Crippen LogP contribution in [0.4, 0.5) is 0 Å². The summed E-state index contributed by atoms with van der Waals surface area (Å²) in [5.41, 5.74) is 0.777. The number of nitrogens with zero attached hydrogens (tertiary/aromatic N) is 1. The summed E-state index contributed by atoms with van der Waals surface area (Å²) in [6.07, 6.45) is 4.43. The van der Waals surface area contributed by atoms with Crippen molar-refractivity contribution in [3.05, 3.63) is 23.8 Å². The molecule has 0 aliphatic heterocycles. The molecule has 0 unspecified atom stereocenters. The number of aliphatic imine (C=N–C) groups is 1. The zero-order valence-electron chi connectivity index (χ0n) is 13.0. The molecule has 1 rings (SSSR count). The minimum absolute atomic E-state index is 0.249. The number of phenolic OH excluding ortho intramolecular Hbond substituents is 1. The molecule has 6 heteroatoms. The third kappa shape index (κ3) is 6.62. The normalized spacial score (nSPS) is 11.3. The van der Waals surface area contributed by atoms with E-state index in [0.717, 1.165) is 30.2 Å². The van der Waals surface area contributed by atoms with Crippen LogP contribution in [0.15, 0.2) is 23.2 Å². The van der Waals surface area contributed by atoms with Gasteiger partial charge in [-0.25, -0.2) is 0 Å². The Bertz CT molecular complexity index is 453. The number of aromatic hydroxyl groups is 1. The third-order valence-corrected chi connectivity index (χ3v) is 3.72. The Hall–Kier alpha value is -1.56. The molecule has 0 bridgehead atoms. The second-order valence-corrected chi connectivity index (χ2v) is 5.53. The van der Waals surface area contributed by atoms with Crippen molar-refractivity contribution in [1.29, 1.82) is 0 Å². The highest BCUT2D eigenvalue weighted by molar-refractivity contribution is 7.98. The van der Waals surface area contributed by atoms with Crippen molar-refractivity contribution in [2.75, 3.05) is 32.7 Å². The highest BCUT2D eigenvalue weighted by Crippen LogP contribution is 2.22. The van der Waals surface area contributed by atoms with Crippen LogP contribution in [0.25, 0.3) is 0 Å². The summed E-state index contributed by atoms with van der Waals surface area (Å²) >= 11 is 1.87. The lowest BCUT2D eigenvalue weighted by atomic mass is 10.2. The zero-order valence-corrected chi connectivity index (χ0v) is 13.8. The molecular formula is C15H25N3O2S. The molecule has 0 saturated heterocycles. The van der Waals surface area contributed by atoms with E-state index in [4.69, 9.17) is 4.74 Å². The van der Waals surface area contributed by atoms with Gasteiger partial charge in [0.2, 0.25) is 0 Å². The average Bonchev–Trinajstić information content (AvgIpc) is 2.51. The minimum atomic E-state index is 0.249. The molecule has 0 aliphatic carbocycles. The van der Waals surface area contributed by atoms with Crippen molar-refractivity contribution in [3.8, 4) is 11.5 Å². The van der Waals surface area contributed by atoms with Crippen molar-refractivity contribution in [3.63, 3.8) is 0 Å². The molecule has 21 heavy (non-hydrogen) atoms. The molecular weight excluding hydrogens is 286 g/mol. The van der Waals surface area contributed by atoms with Crippen LogP contribution in [0.3, 0.4) is 0 Å². The van der Waals surface area contributed by atoms with E-state index in [1.165, 1.54) is 12.2 Å². The summed E-state index contributed by atoms with van der Waals surface area (Å²) in [5, 5.41) is 16.3. The fraction of sp³-hybridized carbons (Fsp3) is 0.533. The number of ether oxygens (including phenoxy) is 1. The number of unbranched alkanes of at least 4 members (excludes halogenated alkanes) is 1. The van der Waals surface area contributed by atoms with Crippen LogP contribution < -0.4 is 15.4 Å². The van der Waals surface area contributed by atoms with Crippen LogP contribution in [0.2, 0.25) is 0 Å². The topological polar surface area (TPSA) is 65.9 Å². The van der Waals surface area contributed by atoms with Crippen LogP contribution in [-0.4, -0.2) is 43.8 Å². The van der Waals surface area contributed by atoms with Gasteiger partial charge in [0.1, 0.15) is 11.5 Å². The highest BCUT2D eigenvalue weighted by atomic mass is 32.2. The number of thioether (sulfide) groups is 1. The monoisotopic (exact) mass is 311 g/mol. The van der Waals surface area contributed by atoms with Gasteiger partial charge in [-0.3, -0.25) is 4.99 Å². The number of guanidine groups is 1. The number of rotatable bonds is 8. The molecule has 0 radical (unpaired) electrons. The van der Waals surface area contributed by atoms with E-state index >= 15 is 0 Å². The van der Waals surface area contributed by atoms with Crippen LogP contribution in [0, 0.1) is 0 Å². The number of nitrogens with one attached hydrogen (secondary N) is 2. The summed E-state index contributed by atoms with van der Waals surface area (Å²) < 4.78 is 5.16. The SMILES string of the molecule is CN=C(NCCCCSC)NCc1cc(OC)ccc1O. The maximum absolute atomic E-state index is 9.83. The standard InChI is InChI=1S/C15H25N3O2S/c1-16-15(17-8-4-5-9-21-3)18-11-12-10-13(20-2)6-7-14(12)19/h6-7,10,19H,4-5,8-9,11H2,1-3H3,(H2,16,17,18). The van der Waals surface area contributed by atoms with Crippen molar-refractivity contribution >= 4 is 17.7 Å². The molecule has 0 heterocycles. The number of benzene rings is 1. The number of phenols is 1. The van der Waals surface area contributed by atoms with E-state index in [0.29, 0.717) is 6.54 Å². The van der Waals surface area contributed by atoms with Gasteiger partial charge in [0.05, 0.1) is 7.11 Å². The van der Waals surface area contributed by atoms with Crippen molar-refractivity contribution < 1.29 is 9.84 Å². The second-order valence-electron chi connectivity index (χ2n) is 4.55. The Labute approximate surface area is 131 Å². The van der Waals surface area contributed by atoms with Gasteiger partial charge in [-0.2, -0.15) is 11.8 Å². The number of hydrogen-bond donors (Lipinski definition) is 3. The molecule has 1 aromatic rings. The first-order valence-corrected chi connectivity index (χ1v) is 8.40. The van der Waals surface area contributed by atoms with E-state index < -0.39 is 0 Å². The number of hydrogen-bond acceptors (Lipinski definition) is 4. The van der Waals surface area contributed by atoms with Crippen molar-refractivity contribution in [2.45, 2.75) is 19.4 Å². The summed E-state index contributed by atoms with van der Waals surface area (Å²) in [6.45, 7) is 1.39. The van der Waals surface area contributed by atoms with E-state index in [-0.39, 0.29) is 5.75 Å². The van der Waals surface area contributed by atoms with Gasteiger partial charge < -0.3 is 20.5 Å². The largest absolute Gasteiger partial charge is 0.508 e. The predicted octanol–water partition coefficient (Wildman–Crippen LogP) is 2.21. The maximum atomic E-state index is 9.83. The molecule has 0 saturated carbocycles. The Morgan fingerprint density at radius 2 is 2.14 bits per heavy atom. The van der Waals surface area contributed by atoms with Gasteiger partial charge in [0.15, 0.2) is 5.96 Å².